The molecule has 36 heavy (non-hydrogen) atoms. The number of phenolic OH excluding ortho intramolecular Hbond substituents is 1. The first-order valence-electron chi connectivity index (χ1n) is 11.7. The molecular weight excluding hydrogens is 480 g/mol. The van der Waals surface area contributed by atoms with Crippen molar-refractivity contribution in [3.8, 4) is 17.2 Å². The van der Waals surface area contributed by atoms with Crippen LogP contribution in [0.2, 0.25) is 19.6 Å². The van der Waals surface area contributed by atoms with Gasteiger partial charge in [0.05, 0.1) is 11.1 Å². The standard InChI is InChI=1S/C26H30N2O7Si/c1-28(2)16-10-12(6-7-36(3,4)5)21(30)19-15(16)9-13-8-14-11-17(29)20(25(27)34)24(33)26(14,35)23(32)18(13)22(19)31/h10,13-14,30-31,33,35H,8-9,11H2,1-5H3,(H2,27,34). The fourth-order valence-electron chi connectivity index (χ4n) is 5.42. The number of aliphatic hydroxyl groups excluding tert-OH is 2. The van der Waals surface area contributed by atoms with Gasteiger partial charge in [0.15, 0.2) is 11.4 Å². The molecule has 10 heteroatoms. The number of nitrogens with two attached hydrogens (primary N) is 1. The molecule has 6 N–H and O–H groups in total. The third-order valence-electron chi connectivity index (χ3n) is 7.09. The molecule has 0 aromatic heterocycles. The Labute approximate surface area is 209 Å². The van der Waals surface area contributed by atoms with Crippen LogP contribution in [-0.4, -0.2) is 65.7 Å². The van der Waals surface area contributed by atoms with Crippen LogP contribution in [0.15, 0.2) is 23.0 Å². The monoisotopic (exact) mass is 510 g/mol. The first kappa shape index (κ1) is 25.5. The van der Waals surface area contributed by atoms with Gasteiger partial charge in [0.2, 0.25) is 5.78 Å². The predicted octanol–water partition coefficient (Wildman–Crippen LogP) is 1.72. The maximum absolute atomic E-state index is 13.7. The van der Waals surface area contributed by atoms with Gasteiger partial charge in [-0.1, -0.05) is 25.6 Å². The van der Waals surface area contributed by atoms with Gasteiger partial charge < -0.3 is 31.1 Å². The van der Waals surface area contributed by atoms with Gasteiger partial charge in [0.1, 0.15) is 30.9 Å². The Morgan fingerprint density at radius 2 is 1.81 bits per heavy atom. The first-order chi connectivity index (χ1) is 16.6. The summed E-state index contributed by atoms with van der Waals surface area (Å²) in [6.45, 7) is 6.16. The van der Waals surface area contributed by atoms with Crippen LogP contribution in [0.5, 0.6) is 5.75 Å². The van der Waals surface area contributed by atoms with Crippen LogP contribution >= 0.6 is 0 Å². The molecule has 0 spiro atoms. The van der Waals surface area contributed by atoms with E-state index in [0.717, 1.165) is 0 Å². The Bertz CT molecular complexity index is 1360. The largest absolute Gasteiger partial charge is 0.508 e. The van der Waals surface area contributed by atoms with Gasteiger partial charge in [-0.3, -0.25) is 14.4 Å². The van der Waals surface area contributed by atoms with Crippen molar-refractivity contribution in [1.29, 1.82) is 0 Å². The van der Waals surface area contributed by atoms with Crippen LogP contribution in [0.3, 0.4) is 0 Å². The maximum Gasteiger partial charge on any atom is 0.255 e. The molecule has 1 fully saturated rings. The average Bonchev–Trinajstić information content (AvgIpc) is 2.74. The Kier molecular flexibility index (Phi) is 5.85. The van der Waals surface area contributed by atoms with Crippen molar-refractivity contribution in [2.24, 2.45) is 17.6 Å². The number of carbonyl (C=O) groups excluding carboxylic acids is 3. The molecular formula is C26H30N2O7Si. The third-order valence-corrected chi connectivity index (χ3v) is 7.97. The number of Topliss-reactive ketones (excluding diaryl/α,β-unsaturated/α-hetero) is 2. The van der Waals surface area contributed by atoms with E-state index < -0.39 is 60.1 Å². The highest BCUT2D eigenvalue weighted by Gasteiger charge is 2.60. The summed E-state index contributed by atoms with van der Waals surface area (Å²) in [5.74, 6) is -3.44. The maximum atomic E-state index is 13.7. The zero-order chi connectivity index (χ0) is 26.9. The zero-order valence-corrected chi connectivity index (χ0v) is 21.9. The van der Waals surface area contributed by atoms with E-state index in [2.05, 4.69) is 31.1 Å². The van der Waals surface area contributed by atoms with Gasteiger partial charge in [0, 0.05) is 37.7 Å². The van der Waals surface area contributed by atoms with Crippen LogP contribution < -0.4 is 10.6 Å². The van der Waals surface area contributed by atoms with Gasteiger partial charge in [0.25, 0.3) is 5.91 Å². The number of carbonyl (C=O) groups is 3. The summed E-state index contributed by atoms with van der Waals surface area (Å²) in [6.07, 6.45) is -0.0100. The molecule has 0 radical (unpaired) electrons. The highest BCUT2D eigenvalue weighted by molar-refractivity contribution is 6.83. The second-order valence-electron chi connectivity index (χ2n) is 10.9. The van der Waals surface area contributed by atoms with E-state index in [0.29, 0.717) is 16.8 Å². The third kappa shape index (κ3) is 3.70. The zero-order valence-electron chi connectivity index (χ0n) is 20.9. The normalized spacial score (nSPS) is 25.5. The van der Waals surface area contributed by atoms with Gasteiger partial charge in [-0.05, 0) is 30.4 Å². The number of aliphatic hydroxyl groups is 3. The summed E-state index contributed by atoms with van der Waals surface area (Å²) in [6, 6.07) is 1.75. The smallest absolute Gasteiger partial charge is 0.255 e. The number of rotatable bonds is 2. The van der Waals surface area contributed by atoms with Crippen LogP contribution in [0.4, 0.5) is 5.69 Å². The molecule has 1 aromatic carbocycles. The lowest BCUT2D eigenvalue weighted by molar-refractivity contribution is -0.147. The van der Waals surface area contributed by atoms with Crippen LogP contribution in [0.1, 0.15) is 29.5 Å². The topological polar surface area (TPSA) is 161 Å². The molecule has 9 nitrogen and oxygen atoms in total. The number of benzene rings is 1. The summed E-state index contributed by atoms with van der Waals surface area (Å²) >= 11 is 0. The van der Waals surface area contributed by atoms with Crippen molar-refractivity contribution in [2.75, 3.05) is 19.0 Å². The lowest BCUT2D eigenvalue weighted by Crippen LogP contribution is -2.58. The quantitative estimate of drug-likeness (QED) is 0.228. The van der Waals surface area contributed by atoms with Crippen molar-refractivity contribution in [2.45, 2.75) is 44.5 Å². The van der Waals surface area contributed by atoms with E-state index >= 15 is 0 Å². The fraction of sp³-hybridized carbons (Fsp3) is 0.423. The van der Waals surface area contributed by atoms with Crippen LogP contribution in [0, 0.1) is 23.3 Å². The van der Waals surface area contributed by atoms with Gasteiger partial charge in [-0.15, -0.1) is 5.54 Å². The number of ketones is 2. The van der Waals surface area contributed by atoms with Gasteiger partial charge >= 0.3 is 0 Å². The number of aromatic hydroxyl groups is 1. The average molecular weight is 511 g/mol. The van der Waals surface area contributed by atoms with Crippen molar-refractivity contribution < 1.29 is 34.8 Å². The van der Waals surface area contributed by atoms with E-state index in [9.17, 15) is 34.8 Å². The Morgan fingerprint density at radius 1 is 1.17 bits per heavy atom. The summed E-state index contributed by atoms with van der Waals surface area (Å²) in [7, 11) is 1.83. The molecule has 3 unspecified atom stereocenters. The summed E-state index contributed by atoms with van der Waals surface area (Å²) < 4.78 is 0. The van der Waals surface area contributed by atoms with Crippen LogP contribution in [-0.2, 0) is 20.8 Å². The molecule has 0 heterocycles. The van der Waals surface area contributed by atoms with Crippen LogP contribution in [0.25, 0.3) is 5.76 Å². The molecule has 1 amide bonds. The predicted molar refractivity (Wildman–Crippen MR) is 136 cm³/mol. The second kappa shape index (κ2) is 8.25. The molecule has 1 saturated carbocycles. The second-order valence-corrected chi connectivity index (χ2v) is 15.7. The van der Waals surface area contributed by atoms with Crippen molar-refractivity contribution in [3.05, 3.63) is 39.7 Å². The summed E-state index contributed by atoms with van der Waals surface area (Å²) in [5, 5.41) is 44.5. The van der Waals surface area contributed by atoms with Crippen molar-refractivity contribution in [3.63, 3.8) is 0 Å². The lowest BCUT2D eigenvalue weighted by atomic mass is 9.59. The molecule has 3 aliphatic carbocycles. The van der Waals surface area contributed by atoms with Gasteiger partial charge in [-0.2, -0.15) is 0 Å². The molecule has 0 saturated heterocycles. The fourth-order valence-corrected chi connectivity index (χ4v) is 5.93. The van der Waals surface area contributed by atoms with Gasteiger partial charge in [-0.25, -0.2) is 0 Å². The summed E-state index contributed by atoms with van der Waals surface area (Å²) in [5.41, 5.74) is 6.54. The van der Waals surface area contributed by atoms with Crippen molar-refractivity contribution >= 4 is 37.0 Å². The number of fused-ring (bicyclic) bond motifs is 3. The number of nitrogens with zero attached hydrogens (tertiary/aromatic N) is 1. The minimum Gasteiger partial charge on any atom is -0.508 e. The van der Waals surface area contributed by atoms with E-state index in [1.807, 2.05) is 19.0 Å². The Hall–Kier alpha value is -3.55. The minimum absolute atomic E-state index is 0.0493. The van der Waals surface area contributed by atoms with E-state index in [-0.39, 0.29) is 36.1 Å². The highest BCUT2D eigenvalue weighted by Crippen LogP contribution is 2.53. The number of hydrogen-bond acceptors (Lipinski definition) is 8. The molecule has 3 atom stereocenters. The minimum atomic E-state index is -2.58. The molecule has 190 valence electrons. The molecule has 1 aromatic rings. The molecule has 0 aliphatic heterocycles. The Morgan fingerprint density at radius 3 is 2.36 bits per heavy atom. The van der Waals surface area contributed by atoms with E-state index in [4.69, 9.17) is 5.73 Å². The summed E-state index contributed by atoms with van der Waals surface area (Å²) in [4.78, 5) is 39.7. The Balaban J connectivity index is 1.97. The number of amides is 1. The van der Waals surface area contributed by atoms with E-state index in [1.54, 1.807) is 6.07 Å². The number of anilines is 1. The molecule has 3 aliphatic rings. The molecule has 0 bridgehead atoms. The van der Waals surface area contributed by atoms with E-state index in [1.165, 1.54) is 0 Å². The lowest BCUT2D eigenvalue weighted by Gasteiger charge is -2.46. The number of hydrogen-bond donors (Lipinski definition) is 5. The number of phenols is 1. The number of primary amides is 1. The first-order valence-corrected chi connectivity index (χ1v) is 15.2. The molecule has 4 rings (SSSR count). The highest BCUT2D eigenvalue weighted by atomic mass is 28.3. The SMILES string of the molecule is CN(C)c1cc(C#C[Si](C)(C)C)c(O)c2c1CC1CC3CC(=O)C(C(N)=O)=C(O)C3(O)C(=O)C1=C2O. The van der Waals surface area contributed by atoms with Crippen molar-refractivity contribution in [1.82, 2.24) is 0 Å².